The van der Waals surface area contributed by atoms with E-state index in [9.17, 15) is 19.2 Å². The van der Waals surface area contributed by atoms with Crippen LogP contribution in [0.25, 0.3) is 0 Å². The number of hydrogen-bond donors (Lipinski definition) is 2. The van der Waals surface area contributed by atoms with Gasteiger partial charge in [0.15, 0.2) is 0 Å². The van der Waals surface area contributed by atoms with Gasteiger partial charge < -0.3 is 10.4 Å². The number of amides is 3. The van der Waals surface area contributed by atoms with E-state index < -0.39 is 11.9 Å². The largest absolute Gasteiger partial charge is 0.478 e. The van der Waals surface area contributed by atoms with Crippen LogP contribution in [0.5, 0.6) is 0 Å². The highest BCUT2D eigenvalue weighted by atomic mass is 16.4. The quantitative estimate of drug-likeness (QED) is 0.617. The van der Waals surface area contributed by atoms with Crippen molar-refractivity contribution in [3.63, 3.8) is 0 Å². The Morgan fingerprint density at radius 3 is 2.17 bits per heavy atom. The highest BCUT2D eigenvalue weighted by Crippen LogP contribution is 2.37. The summed E-state index contributed by atoms with van der Waals surface area (Å²) in [6.45, 7) is 0. The van der Waals surface area contributed by atoms with Crippen LogP contribution < -0.4 is 10.2 Å². The number of carbonyl (C=O) groups excluding carboxylic acids is 3. The van der Waals surface area contributed by atoms with Crippen molar-refractivity contribution in [2.45, 2.75) is 12.8 Å². The molecule has 29 heavy (non-hydrogen) atoms. The summed E-state index contributed by atoms with van der Waals surface area (Å²) in [6, 6.07) is 12.2. The Labute approximate surface area is 166 Å². The average Bonchev–Trinajstić information content (AvgIpc) is 2.99. The third kappa shape index (κ3) is 3.42. The molecule has 1 aliphatic heterocycles. The molecule has 1 fully saturated rings. The number of fused-ring (bicyclic) bond motifs is 1. The number of rotatable bonds is 4. The van der Waals surface area contributed by atoms with Crippen molar-refractivity contribution >= 4 is 35.1 Å². The lowest BCUT2D eigenvalue weighted by Gasteiger charge is -2.16. The summed E-state index contributed by atoms with van der Waals surface area (Å²) in [7, 11) is 0. The fraction of sp³-hybridized carbons (Fsp3) is 0.182. The Balaban J connectivity index is 1.57. The second kappa shape index (κ2) is 7.35. The summed E-state index contributed by atoms with van der Waals surface area (Å²) in [6.07, 6.45) is 4.94. The van der Waals surface area contributed by atoms with Gasteiger partial charge in [0.05, 0.1) is 23.1 Å². The predicted molar refractivity (Wildman–Crippen MR) is 106 cm³/mol. The van der Waals surface area contributed by atoms with E-state index in [2.05, 4.69) is 5.32 Å². The first-order chi connectivity index (χ1) is 14.0. The zero-order valence-electron chi connectivity index (χ0n) is 15.4. The molecule has 2 N–H and O–H groups in total. The number of aromatic carboxylic acids is 1. The first kappa shape index (κ1) is 18.6. The molecule has 0 bridgehead atoms. The molecule has 0 unspecified atom stereocenters. The van der Waals surface area contributed by atoms with Crippen molar-refractivity contribution in [2.24, 2.45) is 11.8 Å². The van der Waals surface area contributed by atoms with E-state index in [4.69, 9.17) is 5.11 Å². The monoisotopic (exact) mass is 390 g/mol. The molecular weight excluding hydrogens is 372 g/mol. The maximum Gasteiger partial charge on any atom is 0.335 e. The number of carboxylic acid groups (broad SMARTS) is 1. The van der Waals surface area contributed by atoms with E-state index in [0.717, 1.165) is 0 Å². The van der Waals surface area contributed by atoms with Crippen LogP contribution >= 0.6 is 0 Å². The van der Waals surface area contributed by atoms with Crippen molar-refractivity contribution in [1.29, 1.82) is 0 Å². The second-order valence-electron chi connectivity index (χ2n) is 7.06. The number of allylic oxidation sites excluding steroid dienone is 2. The predicted octanol–water partition coefficient (Wildman–Crippen LogP) is 3.09. The van der Waals surface area contributed by atoms with Crippen molar-refractivity contribution in [2.75, 3.05) is 10.2 Å². The van der Waals surface area contributed by atoms with Crippen molar-refractivity contribution in [1.82, 2.24) is 0 Å². The minimum Gasteiger partial charge on any atom is -0.478 e. The third-order valence-corrected chi connectivity index (χ3v) is 5.24. The van der Waals surface area contributed by atoms with Gasteiger partial charge >= 0.3 is 5.97 Å². The molecule has 0 saturated carbocycles. The molecule has 2 aromatic rings. The molecule has 1 heterocycles. The summed E-state index contributed by atoms with van der Waals surface area (Å²) in [4.78, 5) is 50.4. The Morgan fingerprint density at radius 2 is 1.52 bits per heavy atom. The number of carboxylic acids is 1. The molecule has 7 nitrogen and oxygen atoms in total. The highest BCUT2D eigenvalue weighted by molar-refractivity contribution is 6.22. The van der Waals surface area contributed by atoms with Crippen molar-refractivity contribution in [3.05, 3.63) is 71.8 Å². The fourth-order valence-corrected chi connectivity index (χ4v) is 3.77. The summed E-state index contributed by atoms with van der Waals surface area (Å²) < 4.78 is 0. The van der Waals surface area contributed by atoms with Gasteiger partial charge in [0.1, 0.15) is 0 Å². The third-order valence-electron chi connectivity index (χ3n) is 5.24. The lowest BCUT2D eigenvalue weighted by atomic mass is 9.85. The number of carbonyl (C=O) groups is 4. The molecule has 0 radical (unpaired) electrons. The normalized spacial score (nSPS) is 20.5. The number of benzene rings is 2. The van der Waals surface area contributed by atoms with Gasteiger partial charge in [-0.25, -0.2) is 4.79 Å². The van der Waals surface area contributed by atoms with Crippen LogP contribution in [0.2, 0.25) is 0 Å². The van der Waals surface area contributed by atoms with Crippen LogP contribution in [0.15, 0.2) is 60.7 Å². The summed E-state index contributed by atoms with van der Waals surface area (Å²) in [5.74, 6) is -2.72. The van der Waals surface area contributed by atoms with Gasteiger partial charge in [-0.2, -0.15) is 0 Å². The van der Waals surface area contributed by atoms with Crippen LogP contribution in [0.1, 0.15) is 33.6 Å². The standard InChI is InChI=1S/C22H18N2O5/c25-19(23-15-7-3-6-14(11-15)22(28)29)13-5-4-8-16(12-13)24-20(26)17-9-1-2-10-18(17)21(24)27/h1-8,11-12,17-18H,9-10H2,(H,23,25)(H,28,29)/t17-,18-/m0/s1. The maximum absolute atomic E-state index is 12.7. The fourth-order valence-electron chi connectivity index (χ4n) is 3.77. The molecule has 4 rings (SSSR count). The van der Waals surface area contributed by atoms with Gasteiger partial charge in [-0.05, 0) is 49.2 Å². The van der Waals surface area contributed by atoms with Crippen LogP contribution in [-0.4, -0.2) is 28.8 Å². The lowest BCUT2D eigenvalue weighted by Crippen LogP contribution is -2.31. The SMILES string of the molecule is O=C(O)c1cccc(NC(=O)c2cccc(N3C(=O)[C@H]4CC=CC[C@@H]4C3=O)c2)c1. The number of imide groups is 1. The van der Waals surface area contributed by atoms with Crippen LogP contribution in [0.3, 0.4) is 0 Å². The zero-order chi connectivity index (χ0) is 20.5. The second-order valence-corrected chi connectivity index (χ2v) is 7.06. The Hall–Kier alpha value is -3.74. The molecule has 146 valence electrons. The van der Waals surface area contributed by atoms with Gasteiger partial charge in [-0.3, -0.25) is 19.3 Å². The van der Waals surface area contributed by atoms with Gasteiger partial charge in [-0.15, -0.1) is 0 Å². The summed E-state index contributed by atoms with van der Waals surface area (Å²) in [5.41, 5.74) is 1.02. The van der Waals surface area contributed by atoms with Gasteiger partial charge in [0.25, 0.3) is 5.91 Å². The molecule has 1 saturated heterocycles. The molecule has 2 aliphatic rings. The van der Waals surface area contributed by atoms with Crippen LogP contribution in [-0.2, 0) is 9.59 Å². The number of anilines is 2. The van der Waals surface area contributed by atoms with E-state index in [1.807, 2.05) is 12.2 Å². The van der Waals surface area contributed by atoms with Gasteiger partial charge in [0, 0.05) is 11.3 Å². The summed E-state index contributed by atoms with van der Waals surface area (Å²) >= 11 is 0. The van der Waals surface area contributed by atoms with E-state index in [1.165, 1.54) is 29.2 Å². The highest BCUT2D eigenvalue weighted by Gasteiger charge is 2.47. The first-order valence-corrected chi connectivity index (χ1v) is 9.23. The maximum atomic E-state index is 12.7. The molecule has 3 amide bonds. The molecule has 0 aromatic heterocycles. The van der Waals surface area contributed by atoms with E-state index in [0.29, 0.717) is 24.2 Å². The van der Waals surface area contributed by atoms with Crippen molar-refractivity contribution in [3.8, 4) is 0 Å². The van der Waals surface area contributed by atoms with E-state index >= 15 is 0 Å². The van der Waals surface area contributed by atoms with Gasteiger partial charge in [-0.1, -0.05) is 24.3 Å². The molecular formula is C22H18N2O5. The number of nitrogens with zero attached hydrogens (tertiary/aromatic N) is 1. The topological polar surface area (TPSA) is 104 Å². The summed E-state index contributed by atoms with van der Waals surface area (Å²) in [5, 5.41) is 11.7. The van der Waals surface area contributed by atoms with Gasteiger partial charge in [0.2, 0.25) is 11.8 Å². The number of hydrogen-bond acceptors (Lipinski definition) is 4. The molecule has 7 heteroatoms. The lowest BCUT2D eigenvalue weighted by molar-refractivity contribution is -0.122. The van der Waals surface area contributed by atoms with E-state index in [1.54, 1.807) is 24.3 Å². The molecule has 2 aromatic carbocycles. The Morgan fingerprint density at radius 1 is 0.897 bits per heavy atom. The zero-order valence-corrected chi connectivity index (χ0v) is 15.4. The number of nitrogens with one attached hydrogen (secondary N) is 1. The molecule has 0 spiro atoms. The van der Waals surface area contributed by atoms with E-state index in [-0.39, 0.29) is 34.8 Å². The average molecular weight is 390 g/mol. The molecule has 1 aliphatic carbocycles. The Kier molecular flexibility index (Phi) is 4.72. The minimum absolute atomic E-state index is 0.0565. The van der Waals surface area contributed by atoms with Crippen LogP contribution in [0.4, 0.5) is 11.4 Å². The minimum atomic E-state index is -1.09. The molecule has 2 atom stereocenters. The first-order valence-electron chi connectivity index (χ1n) is 9.23. The van der Waals surface area contributed by atoms with Crippen molar-refractivity contribution < 1.29 is 24.3 Å². The smallest absolute Gasteiger partial charge is 0.335 e. The van der Waals surface area contributed by atoms with Crippen LogP contribution in [0, 0.1) is 11.8 Å². The Bertz CT molecular complexity index is 1030.